The van der Waals surface area contributed by atoms with Gasteiger partial charge in [0.25, 0.3) is 0 Å². The highest BCUT2D eigenvalue weighted by Gasteiger charge is 2.13. The van der Waals surface area contributed by atoms with Crippen LogP contribution in [0.3, 0.4) is 0 Å². The van der Waals surface area contributed by atoms with Gasteiger partial charge in [0, 0.05) is 18.1 Å². The normalized spacial score (nSPS) is 12.6. The zero-order valence-corrected chi connectivity index (χ0v) is 13.3. The van der Waals surface area contributed by atoms with Gasteiger partial charge in [0.15, 0.2) is 0 Å². The maximum atomic E-state index is 10.4. The van der Waals surface area contributed by atoms with E-state index in [1.54, 1.807) is 0 Å². The number of likely N-dealkylation sites (N-methyl/N-ethyl adjacent to an activating group) is 1. The van der Waals surface area contributed by atoms with Gasteiger partial charge in [-0.25, -0.2) is 0 Å². The van der Waals surface area contributed by atoms with Crippen molar-refractivity contribution in [3.8, 4) is 0 Å². The van der Waals surface area contributed by atoms with E-state index in [4.69, 9.17) is 11.6 Å². The Kier molecular flexibility index (Phi) is 5.80. The first-order valence-corrected chi connectivity index (χ1v) is 7.68. The number of aliphatic hydroxyl groups is 1. The maximum Gasteiger partial charge on any atom is 0.0917 e. The third-order valence-electron chi connectivity index (χ3n) is 3.69. The minimum absolute atomic E-state index is 0.496. The number of rotatable bonds is 6. The largest absolute Gasteiger partial charge is 0.387 e. The van der Waals surface area contributed by atoms with Crippen LogP contribution in [-0.2, 0) is 6.54 Å². The molecule has 112 valence electrons. The molecule has 0 amide bonds. The van der Waals surface area contributed by atoms with Gasteiger partial charge < -0.3 is 5.11 Å². The first-order chi connectivity index (χ1) is 10.1. The molecular formula is C18H22ClNO. The molecule has 2 rings (SSSR count). The number of nitrogens with zero attached hydrogens (tertiary/aromatic N) is 1. The van der Waals surface area contributed by atoms with Crippen LogP contribution in [0.5, 0.6) is 0 Å². The fraction of sp³-hybridized carbons (Fsp3) is 0.333. The third-order valence-corrected chi connectivity index (χ3v) is 4.12. The molecule has 0 aliphatic rings. The van der Waals surface area contributed by atoms with Gasteiger partial charge in [0.2, 0.25) is 0 Å². The van der Waals surface area contributed by atoms with E-state index in [9.17, 15) is 5.11 Å². The lowest BCUT2D eigenvalue weighted by Gasteiger charge is -2.24. The van der Waals surface area contributed by atoms with E-state index in [0.717, 1.165) is 29.2 Å². The number of aliphatic hydroxyl groups excluding tert-OH is 1. The van der Waals surface area contributed by atoms with Crippen molar-refractivity contribution in [3.05, 3.63) is 70.2 Å². The van der Waals surface area contributed by atoms with Crippen LogP contribution in [-0.4, -0.2) is 23.1 Å². The summed E-state index contributed by atoms with van der Waals surface area (Å²) in [7, 11) is 0. The van der Waals surface area contributed by atoms with Gasteiger partial charge in [-0.1, -0.05) is 61.0 Å². The van der Waals surface area contributed by atoms with Crippen molar-refractivity contribution in [2.75, 3.05) is 13.1 Å². The highest BCUT2D eigenvalue weighted by molar-refractivity contribution is 6.31. The first-order valence-electron chi connectivity index (χ1n) is 7.30. The predicted octanol–water partition coefficient (Wildman–Crippen LogP) is 4.20. The molecule has 0 bridgehead atoms. The van der Waals surface area contributed by atoms with Gasteiger partial charge in [-0.15, -0.1) is 0 Å². The summed E-state index contributed by atoms with van der Waals surface area (Å²) in [6.07, 6.45) is -0.496. The summed E-state index contributed by atoms with van der Waals surface area (Å²) in [6.45, 7) is 6.44. The molecule has 0 aliphatic carbocycles. The smallest absolute Gasteiger partial charge is 0.0917 e. The summed E-state index contributed by atoms with van der Waals surface area (Å²) in [4.78, 5) is 2.24. The molecule has 0 saturated heterocycles. The summed E-state index contributed by atoms with van der Waals surface area (Å²) >= 11 is 6.03. The van der Waals surface area contributed by atoms with Crippen molar-refractivity contribution in [3.63, 3.8) is 0 Å². The van der Waals surface area contributed by atoms with Crippen molar-refractivity contribution >= 4 is 11.6 Å². The Balaban J connectivity index is 2.02. The Bertz CT molecular complexity index is 571. The van der Waals surface area contributed by atoms with Crippen LogP contribution in [0.2, 0.25) is 5.02 Å². The highest BCUT2D eigenvalue weighted by Crippen LogP contribution is 2.22. The number of hydrogen-bond acceptors (Lipinski definition) is 2. The second kappa shape index (κ2) is 7.60. The molecule has 0 aromatic heterocycles. The Morgan fingerprint density at radius 3 is 2.48 bits per heavy atom. The van der Waals surface area contributed by atoms with Gasteiger partial charge in [-0.3, -0.25) is 4.90 Å². The topological polar surface area (TPSA) is 23.5 Å². The second-order valence-electron chi connectivity index (χ2n) is 5.34. The maximum absolute atomic E-state index is 10.4. The molecule has 1 N–H and O–H groups in total. The molecule has 0 aliphatic heterocycles. The van der Waals surface area contributed by atoms with Crippen LogP contribution < -0.4 is 0 Å². The van der Waals surface area contributed by atoms with Gasteiger partial charge >= 0.3 is 0 Å². The van der Waals surface area contributed by atoms with Crippen molar-refractivity contribution < 1.29 is 5.11 Å². The number of benzene rings is 2. The van der Waals surface area contributed by atoms with Crippen molar-refractivity contribution in [1.29, 1.82) is 0 Å². The van der Waals surface area contributed by atoms with Gasteiger partial charge in [-0.05, 0) is 36.2 Å². The fourth-order valence-corrected chi connectivity index (χ4v) is 2.49. The quantitative estimate of drug-likeness (QED) is 0.864. The zero-order chi connectivity index (χ0) is 15.2. The van der Waals surface area contributed by atoms with Crippen molar-refractivity contribution in [2.45, 2.75) is 26.5 Å². The Morgan fingerprint density at radius 2 is 1.86 bits per heavy atom. The summed E-state index contributed by atoms with van der Waals surface area (Å²) in [5.74, 6) is 0. The molecule has 0 radical (unpaired) electrons. The van der Waals surface area contributed by atoms with E-state index < -0.39 is 6.10 Å². The molecule has 2 aromatic carbocycles. The summed E-state index contributed by atoms with van der Waals surface area (Å²) in [5.41, 5.74) is 3.18. The molecule has 0 fully saturated rings. The van der Waals surface area contributed by atoms with Crippen LogP contribution in [0.4, 0.5) is 0 Å². The lowest BCUT2D eigenvalue weighted by molar-refractivity contribution is 0.112. The molecule has 1 unspecified atom stereocenters. The fourth-order valence-electron chi connectivity index (χ4n) is 2.37. The van der Waals surface area contributed by atoms with E-state index in [1.807, 2.05) is 43.3 Å². The first kappa shape index (κ1) is 16.0. The van der Waals surface area contributed by atoms with Gasteiger partial charge in [-0.2, -0.15) is 0 Å². The molecule has 0 heterocycles. The van der Waals surface area contributed by atoms with E-state index in [0.29, 0.717) is 6.54 Å². The minimum atomic E-state index is -0.496. The summed E-state index contributed by atoms with van der Waals surface area (Å²) in [6, 6.07) is 16.0. The van der Waals surface area contributed by atoms with Crippen LogP contribution in [0.1, 0.15) is 29.7 Å². The van der Waals surface area contributed by atoms with Gasteiger partial charge in [0.05, 0.1) is 6.10 Å². The summed E-state index contributed by atoms with van der Waals surface area (Å²) < 4.78 is 0. The Hall–Kier alpha value is -1.35. The Morgan fingerprint density at radius 1 is 1.14 bits per heavy atom. The van der Waals surface area contributed by atoms with Crippen LogP contribution >= 0.6 is 11.6 Å². The highest BCUT2D eigenvalue weighted by atomic mass is 35.5. The average molecular weight is 304 g/mol. The standard InChI is InChI=1S/C18H22ClNO/c1-3-20(12-15-7-5-4-6-8-15)13-18(21)16-9-10-17(19)14(2)11-16/h4-11,18,21H,3,12-13H2,1-2H3. The minimum Gasteiger partial charge on any atom is -0.387 e. The van der Waals surface area contributed by atoms with Crippen LogP contribution in [0.25, 0.3) is 0 Å². The average Bonchev–Trinajstić information content (AvgIpc) is 2.50. The van der Waals surface area contributed by atoms with Crippen LogP contribution in [0.15, 0.2) is 48.5 Å². The Labute approximate surface area is 132 Å². The number of hydrogen-bond donors (Lipinski definition) is 1. The van der Waals surface area contributed by atoms with Crippen molar-refractivity contribution in [2.24, 2.45) is 0 Å². The molecule has 21 heavy (non-hydrogen) atoms. The lowest BCUT2D eigenvalue weighted by atomic mass is 10.1. The molecular weight excluding hydrogens is 282 g/mol. The SMILES string of the molecule is CCN(Cc1ccccc1)CC(O)c1ccc(Cl)c(C)c1. The summed E-state index contributed by atoms with van der Waals surface area (Å²) in [5, 5.41) is 11.2. The van der Waals surface area contributed by atoms with Crippen LogP contribution in [0, 0.1) is 6.92 Å². The van der Waals surface area contributed by atoms with Gasteiger partial charge in [0.1, 0.15) is 0 Å². The number of halogens is 1. The van der Waals surface area contributed by atoms with E-state index >= 15 is 0 Å². The van der Waals surface area contributed by atoms with E-state index in [-0.39, 0.29) is 0 Å². The molecule has 0 saturated carbocycles. The third kappa shape index (κ3) is 4.57. The second-order valence-corrected chi connectivity index (χ2v) is 5.74. The van der Waals surface area contributed by atoms with Crippen molar-refractivity contribution in [1.82, 2.24) is 4.90 Å². The number of aryl methyl sites for hydroxylation is 1. The lowest BCUT2D eigenvalue weighted by Crippen LogP contribution is -2.28. The molecule has 3 heteroatoms. The molecule has 2 aromatic rings. The molecule has 1 atom stereocenters. The predicted molar refractivity (Wildman–Crippen MR) is 88.5 cm³/mol. The molecule has 0 spiro atoms. The van der Waals surface area contributed by atoms with E-state index in [1.165, 1.54) is 5.56 Å². The molecule has 2 nitrogen and oxygen atoms in total. The monoisotopic (exact) mass is 303 g/mol. The van der Waals surface area contributed by atoms with E-state index in [2.05, 4.69) is 24.0 Å². The zero-order valence-electron chi connectivity index (χ0n) is 12.6.